The topological polar surface area (TPSA) is 158 Å². The third kappa shape index (κ3) is 12.1. The Morgan fingerprint density at radius 2 is 0.766 bits per heavy atom. The molecule has 0 radical (unpaired) electrons. The molecule has 2 aromatic rings. The molecule has 0 amide bonds. The van der Waals surface area contributed by atoms with Crippen LogP contribution in [0.15, 0.2) is 36.4 Å². The summed E-state index contributed by atoms with van der Waals surface area (Å²) in [5.74, 6) is -0.619. The molecule has 4 heterocycles. The Morgan fingerprint density at radius 1 is 0.453 bits per heavy atom. The fourth-order valence-corrected chi connectivity index (χ4v) is 10.7. The molecular formula is C50H70N2O12+2. The van der Waals surface area contributed by atoms with Crippen LogP contribution in [0.25, 0.3) is 0 Å². The molecule has 4 fully saturated rings. The van der Waals surface area contributed by atoms with E-state index in [-0.39, 0.29) is 85.9 Å². The van der Waals surface area contributed by atoms with E-state index in [0.29, 0.717) is 100 Å². The Labute approximate surface area is 378 Å². The van der Waals surface area contributed by atoms with Gasteiger partial charge in [-0.05, 0) is 49.9 Å². The number of ether oxygens (including phenoxy) is 6. The molecule has 4 atom stereocenters. The predicted molar refractivity (Wildman–Crippen MR) is 236 cm³/mol. The summed E-state index contributed by atoms with van der Waals surface area (Å²) >= 11 is 0. The van der Waals surface area contributed by atoms with E-state index in [1.54, 1.807) is 24.3 Å². The molecule has 350 valence electrons. The fourth-order valence-electron chi connectivity index (χ4n) is 10.7. The smallest absolute Gasteiger partial charge is 0.311 e. The Morgan fingerprint density at radius 3 is 1.08 bits per heavy atom. The van der Waals surface area contributed by atoms with Gasteiger partial charge in [-0.3, -0.25) is 28.8 Å². The van der Waals surface area contributed by atoms with Gasteiger partial charge >= 0.3 is 35.8 Å². The number of carbonyl (C=O) groups excluding carboxylic acids is 6. The average Bonchev–Trinajstić information content (AvgIpc) is 3.45. The van der Waals surface area contributed by atoms with Crippen LogP contribution in [-0.4, -0.2) is 95.3 Å². The first-order valence-corrected chi connectivity index (χ1v) is 23.8. The minimum absolute atomic E-state index is 0.0465. The summed E-state index contributed by atoms with van der Waals surface area (Å²) in [6.07, 6.45) is 9.93. The van der Waals surface area contributed by atoms with Crippen molar-refractivity contribution in [2.24, 2.45) is 0 Å². The van der Waals surface area contributed by atoms with E-state index in [9.17, 15) is 28.8 Å². The minimum Gasteiger partial charge on any atom is -0.462 e. The Bertz CT molecular complexity index is 1850. The van der Waals surface area contributed by atoms with Gasteiger partial charge in [-0.15, -0.1) is 0 Å². The molecule has 4 saturated heterocycles. The summed E-state index contributed by atoms with van der Waals surface area (Å²) in [5.41, 5.74) is 1.72. The van der Waals surface area contributed by atoms with Crippen molar-refractivity contribution in [1.29, 1.82) is 0 Å². The van der Waals surface area contributed by atoms with E-state index < -0.39 is 11.9 Å². The van der Waals surface area contributed by atoms with Crippen molar-refractivity contribution >= 4 is 35.8 Å². The van der Waals surface area contributed by atoms with Gasteiger partial charge in [-0.25, -0.2) is 0 Å². The predicted octanol–water partition coefficient (Wildman–Crippen LogP) is 8.36. The highest BCUT2D eigenvalue weighted by atomic mass is 16.6. The molecule has 0 saturated carbocycles. The summed E-state index contributed by atoms with van der Waals surface area (Å²) in [6.45, 7) is 8.88. The zero-order chi connectivity index (χ0) is 46.0. The summed E-state index contributed by atoms with van der Waals surface area (Å²) in [6, 6.07) is 11.5. The van der Waals surface area contributed by atoms with Gasteiger partial charge in [0.25, 0.3) is 0 Å². The van der Waals surface area contributed by atoms with Crippen LogP contribution in [0.1, 0.15) is 154 Å². The lowest BCUT2D eigenvalue weighted by molar-refractivity contribution is -0.961. The van der Waals surface area contributed by atoms with Gasteiger partial charge in [0.2, 0.25) is 0 Å². The summed E-state index contributed by atoms with van der Waals surface area (Å²) in [4.78, 5) is 76.0. The van der Waals surface area contributed by atoms with Gasteiger partial charge in [0.1, 0.15) is 48.3 Å². The lowest BCUT2D eigenvalue weighted by atomic mass is 9.95. The highest BCUT2D eigenvalue weighted by Crippen LogP contribution is 2.46. The standard InChI is InChI=1S/C50H70N2O12/c1-7-11-45(53)59-39-21-15-33(43(29-39)63-47(55)13-9-3)31-51(5)35-17-18-36(51)26-41(25-35)61-49(57)23-24-50(58)62-42-27-37-19-20-38(28-42)52(37,6)32-34-16-22-40(60-46(54)12-8-2)30-44(34)64-48(56)14-10-4/h15-16,21-22,29-30,35-38,41-42H,7-14,17-20,23-28,31-32H2,1-6H3/q+2. The van der Waals surface area contributed by atoms with Crippen molar-refractivity contribution in [2.45, 2.75) is 193 Å². The second-order valence-electron chi connectivity index (χ2n) is 18.9. The molecule has 64 heavy (non-hydrogen) atoms. The second kappa shape index (κ2) is 21.9. The maximum absolute atomic E-state index is 13.2. The number of fused-ring (bicyclic) bond motifs is 4. The summed E-state index contributed by atoms with van der Waals surface area (Å²) in [5, 5.41) is 0. The zero-order valence-corrected chi connectivity index (χ0v) is 38.9. The number of piperidine rings is 2. The minimum atomic E-state index is -0.398. The number of rotatable bonds is 21. The third-order valence-electron chi connectivity index (χ3n) is 14.1. The quantitative estimate of drug-likeness (QED) is 0.0671. The Balaban J connectivity index is 0.994. The van der Waals surface area contributed by atoms with Gasteiger partial charge in [0.15, 0.2) is 0 Å². The molecule has 4 aliphatic rings. The second-order valence-corrected chi connectivity index (χ2v) is 18.9. The molecule has 2 aromatic carbocycles. The largest absolute Gasteiger partial charge is 0.462 e. The van der Waals surface area contributed by atoms with Crippen molar-refractivity contribution in [1.82, 2.24) is 0 Å². The van der Waals surface area contributed by atoms with Gasteiger partial charge in [-0.1, -0.05) is 27.7 Å². The summed E-state index contributed by atoms with van der Waals surface area (Å²) in [7, 11) is 4.44. The van der Waals surface area contributed by atoms with E-state index in [1.807, 2.05) is 39.8 Å². The molecule has 0 N–H and O–H groups in total. The van der Waals surface area contributed by atoms with E-state index >= 15 is 0 Å². The average molecular weight is 891 g/mol. The van der Waals surface area contributed by atoms with E-state index in [4.69, 9.17) is 28.4 Å². The fraction of sp³-hybridized carbons (Fsp3) is 0.640. The van der Waals surface area contributed by atoms with Crippen molar-refractivity contribution in [3.63, 3.8) is 0 Å². The molecule has 0 aliphatic carbocycles. The van der Waals surface area contributed by atoms with Crippen LogP contribution in [0.2, 0.25) is 0 Å². The molecule has 4 unspecified atom stereocenters. The van der Waals surface area contributed by atoms with Gasteiger partial charge < -0.3 is 37.4 Å². The number of carbonyl (C=O) groups is 6. The van der Waals surface area contributed by atoms with Crippen LogP contribution in [0.4, 0.5) is 0 Å². The van der Waals surface area contributed by atoms with Crippen LogP contribution < -0.4 is 18.9 Å². The number of hydrogen-bond donors (Lipinski definition) is 0. The molecule has 4 bridgehead atoms. The van der Waals surface area contributed by atoms with Gasteiger partial charge in [0.05, 0.1) is 51.1 Å². The van der Waals surface area contributed by atoms with Crippen LogP contribution >= 0.6 is 0 Å². The normalized spacial score (nSPS) is 26.7. The third-order valence-corrected chi connectivity index (χ3v) is 14.1. The molecule has 4 aliphatic heterocycles. The van der Waals surface area contributed by atoms with E-state index in [0.717, 1.165) is 45.8 Å². The van der Waals surface area contributed by atoms with Crippen LogP contribution in [0.5, 0.6) is 23.0 Å². The van der Waals surface area contributed by atoms with Crippen molar-refractivity contribution in [3.8, 4) is 23.0 Å². The van der Waals surface area contributed by atoms with E-state index in [1.165, 1.54) is 0 Å². The maximum atomic E-state index is 13.2. The number of nitrogens with zero attached hydrogens (tertiary/aromatic N) is 2. The Kier molecular flexibility index (Phi) is 16.6. The first-order valence-electron chi connectivity index (χ1n) is 23.8. The van der Waals surface area contributed by atoms with Crippen LogP contribution in [-0.2, 0) is 51.3 Å². The molecule has 14 heteroatoms. The number of hydrogen-bond acceptors (Lipinski definition) is 12. The molecule has 14 nitrogen and oxygen atoms in total. The lowest BCUT2D eigenvalue weighted by Gasteiger charge is -2.47. The first-order chi connectivity index (χ1) is 30.7. The van der Waals surface area contributed by atoms with Crippen molar-refractivity contribution in [2.75, 3.05) is 14.1 Å². The van der Waals surface area contributed by atoms with Crippen molar-refractivity contribution < 1.29 is 66.2 Å². The monoisotopic (exact) mass is 890 g/mol. The van der Waals surface area contributed by atoms with Gasteiger partial charge in [0, 0.05) is 100 Å². The SMILES string of the molecule is CCCC(=O)Oc1ccc(C[N+]2(C)C3CCC2CC(OC(=O)CCC(=O)OC2CC4CCC(C2)[N+]4(C)Cc2ccc(OC(=O)CCC)cc2OC(=O)CCC)C3)c(OC(=O)CCC)c1. The maximum Gasteiger partial charge on any atom is 0.311 e. The number of esters is 6. The molecule has 0 aromatic heterocycles. The first kappa shape index (κ1) is 48.6. The highest BCUT2D eigenvalue weighted by molar-refractivity contribution is 5.78. The van der Waals surface area contributed by atoms with Crippen LogP contribution in [0, 0.1) is 0 Å². The van der Waals surface area contributed by atoms with Crippen molar-refractivity contribution in [3.05, 3.63) is 47.5 Å². The lowest BCUT2D eigenvalue weighted by Crippen LogP contribution is -2.58. The molecule has 6 rings (SSSR count). The Hall–Kier alpha value is -4.82. The van der Waals surface area contributed by atoms with Gasteiger partial charge in [-0.2, -0.15) is 0 Å². The van der Waals surface area contributed by atoms with E-state index in [2.05, 4.69) is 14.1 Å². The van der Waals surface area contributed by atoms with Crippen LogP contribution in [0.3, 0.4) is 0 Å². The highest BCUT2D eigenvalue weighted by Gasteiger charge is 2.54. The number of quaternary nitrogens is 2. The zero-order valence-electron chi connectivity index (χ0n) is 38.9. The summed E-state index contributed by atoms with van der Waals surface area (Å²) < 4.78 is 36.2. The molecular weight excluding hydrogens is 821 g/mol. The molecule has 0 spiro atoms. The number of benzene rings is 2.